The van der Waals surface area contributed by atoms with E-state index in [4.69, 9.17) is 0 Å². The van der Waals surface area contributed by atoms with Crippen LogP contribution >= 0.6 is 0 Å². The summed E-state index contributed by atoms with van der Waals surface area (Å²) in [4.78, 5) is 0. The Morgan fingerprint density at radius 3 is 1.07 bits per heavy atom. The van der Waals surface area contributed by atoms with Gasteiger partial charge in [-0.2, -0.15) is 0 Å². The van der Waals surface area contributed by atoms with Crippen LogP contribution in [0.25, 0.3) is 22.3 Å². The number of benzene rings is 5. The Kier molecular flexibility index (Phi) is 5.17. The molecule has 0 heterocycles. The molecule has 2 N–H and O–H groups in total. The maximum absolute atomic E-state index is 13.3. The van der Waals surface area contributed by atoms with Crippen LogP contribution in [-0.4, -0.2) is 10.2 Å². The molecular formula is C38H34O2. The minimum Gasteiger partial charge on any atom is -0.376 e. The van der Waals surface area contributed by atoms with E-state index in [2.05, 4.69) is 90.1 Å². The monoisotopic (exact) mass is 522 g/mol. The molecule has 7 rings (SSSR count). The molecule has 0 bridgehead atoms. The van der Waals surface area contributed by atoms with E-state index >= 15 is 0 Å². The van der Waals surface area contributed by atoms with E-state index in [-0.39, 0.29) is 0 Å². The van der Waals surface area contributed by atoms with Gasteiger partial charge in [-0.3, -0.25) is 0 Å². The fourth-order valence-corrected chi connectivity index (χ4v) is 8.16. The maximum atomic E-state index is 13.3. The molecule has 0 fully saturated rings. The molecule has 5 aromatic rings. The van der Waals surface area contributed by atoms with Gasteiger partial charge in [0.1, 0.15) is 11.2 Å². The number of rotatable bonds is 2. The van der Waals surface area contributed by atoms with Gasteiger partial charge in [-0.15, -0.1) is 0 Å². The molecule has 0 aromatic heterocycles. The SMILES string of the molecule is Cc1cc(C)c(C2(O)c3ccccc3-c3ccc4c(c32)C(O)(c2c(C)cc(C)cc2C)c2ccccc2-4)c(C)c1. The molecule has 0 saturated heterocycles. The molecule has 40 heavy (non-hydrogen) atoms. The molecule has 0 radical (unpaired) electrons. The van der Waals surface area contributed by atoms with Gasteiger partial charge in [0.2, 0.25) is 0 Å². The Balaban J connectivity index is 1.69. The van der Waals surface area contributed by atoms with Gasteiger partial charge >= 0.3 is 0 Å². The molecule has 2 aliphatic carbocycles. The smallest absolute Gasteiger partial charge is 0.142 e. The van der Waals surface area contributed by atoms with Crippen molar-refractivity contribution in [3.63, 3.8) is 0 Å². The quantitative estimate of drug-likeness (QED) is 0.246. The van der Waals surface area contributed by atoms with Gasteiger partial charge in [0.25, 0.3) is 0 Å². The molecule has 2 nitrogen and oxygen atoms in total. The molecule has 5 aromatic carbocycles. The zero-order valence-electron chi connectivity index (χ0n) is 24.0. The van der Waals surface area contributed by atoms with Gasteiger partial charge in [0, 0.05) is 22.3 Å². The van der Waals surface area contributed by atoms with Crippen molar-refractivity contribution in [3.8, 4) is 22.3 Å². The van der Waals surface area contributed by atoms with E-state index in [0.717, 1.165) is 77.9 Å². The summed E-state index contributed by atoms with van der Waals surface area (Å²) in [5.41, 5.74) is 12.7. The number of hydrogen-bond donors (Lipinski definition) is 2. The van der Waals surface area contributed by atoms with E-state index in [1.807, 2.05) is 36.4 Å². The zero-order chi connectivity index (χ0) is 28.1. The van der Waals surface area contributed by atoms with E-state index in [1.54, 1.807) is 0 Å². The summed E-state index contributed by atoms with van der Waals surface area (Å²) in [6.45, 7) is 12.6. The van der Waals surface area contributed by atoms with E-state index < -0.39 is 11.2 Å². The number of hydrogen-bond acceptors (Lipinski definition) is 2. The number of aliphatic hydroxyl groups is 2. The fourth-order valence-electron chi connectivity index (χ4n) is 8.16. The van der Waals surface area contributed by atoms with Crippen LogP contribution in [0.4, 0.5) is 0 Å². The fraction of sp³-hybridized carbons (Fsp3) is 0.211. The molecule has 2 unspecified atom stereocenters. The first-order chi connectivity index (χ1) is 19.1. The molecule has 0 saturated carbocycles. The van der Waals surface area contributed by atoms with Gasteiger partial charge in [0.05, 0.1) is 0 Å². The van der Waals surface area contributed by atoms with Crippen molar-refractivity contribution in [2.45, 2.75) is 52.7 Å². The van der Waals surface area contributed by atoms with Crippen LogP contribution in [-0.2, 0) is 11.2 Å². The summed E-state index contributed by atoms with van der Waals surface area (Å²) in [5, 5.41) is 26.6. The highest BCUT2D eigenvalue weighted by molar-refractivity contribution is 5.93. The molecule has 2 aliphatic rings. The van der Waals surface area contributed by atoms with Crippen molar-refractivity contribution in [2.75, 3.05) is 0 Å². The van der Waals surface area contributed by atoms with E-state index in [0.29, 0.717) is 0 Å². The summed E-state index contributed by atoms with van der Waals surface area (Å²) >= 11 is 0. The van der Waals surface area contributed by atoms with Crippen molar-refractivity contribution < 1.29 is 10.2 Å². The van der Waals surface area contributed by atoms with Crippen molar-refractivity contribution in [1.82, 2.24) is 0 Å². The highest BCUT2D eigenvalue weighted by Gasteiger charge is 2.54. The van der Waals surface area contributed by atoms with Crippen LogP contribution in [0.15, 0.2) is 84.9 Å². The third kappa shape index (κ3) is 3.01. The third-order valence-electron chi connectivity index (χ3n) is 9.22. The molecule has 0 aliphatic heterocycles. The average molecular weight is 523 g/mol. The average Bonchev–Trinajstić information content (AvgIpc) is 3.30. The summed E-state index contributed by atoms with van der Waals surface area (Å²) in [6, 6.07) is 29.3. The van der Waals surface area contributed by atoms with Gasteiger partial charge in [0.15, 0.2) is 0 Å². The van der Waals surface area contributed by atoms with Gasteiger partial charge in [-0.05, 0) is 97.2 Å². The van der Waals surface area contributed by atoms with Gasteiger partial charge in [-0.25, -0.2) is 0 Å². The van der Waals surface area contributed by atoms with Crippen LogP contribution in [0, 0.1) is 41.5 Å². The highest BCUT2D eigenvalue weighted by atomic mass is 16.3. The second kappa shape index (κ2) is 8.27. The summed E-state index contributed by atoms with van der Waals surface area (Å²) < 4.78 is 0. The van der Waals surface area contributed by atoms with Crippen LogP contribution in [0.3, 0.4) is 0 Å². The molecule has 2 atom stereocenters. The number of aryl methyl sites for hydroxylation is 6. The lowest BCUT2D eigenvalue weighted by Crippen LogP contribution is -2.35. The van der Waals surface area contributed by atoms with Crippen molar-refractivity contribution in [2.24, 2.45) is 0 Å². The predicted octanol–water partition coefficient (Wildman–Crippen LogP) is 8.07. The first-order valence-corrected chi connectivity index (χ1v) is 14.1. The summed E-state index contributed by atoms with van der Waals surface area (Å²) in [7, 11) is 0. The molecular weight excluding hydrogens is 488 g/mol. The first-order valence-electron chi connectivity index (χ1n) is 14.1. The lowest BCUT2D eigenvalue weighted by atomic mass is 9.72. The number of fused-ring (bicyclic) bond motifs is 7. The lowest BCUT2D eigenvalue weighted by molar-refractivity contribution is 0.105. The zero-order valence-corrected chi connectivity index (χ0v) is 24.0. The summed E-state index contributed by atoms with van der Waals surface area (Å²) in [5.74, 6) is 0. The Hall–Kier alpha value is -3.98. The Labute approximate surface area is 236 Å². The van der Waals surface area contributed by atoms with Crippen LogP contribution in [0.2, 0.25) is 0 Å². The van der Waals surface area contributed by atoms with E-state index in [9.17, 15) is 10.2 Å². The minimum atomic E-state index is -1.43. The Morgan fingerprint density at radius 1 is 0.400 bits per heavy atom. The first kappa shape index (κ1) is 25.0. The van der Waals surface area contributed by atoms with Crippen molar-refractivity contribution in [1.29, 1.82) is 0 Å². The third-order valence-corrected chi connectivity index (χ3v) is 9.22. The second-order valence-corrected chi connectivity index (χ2v) is 12.0. The van der Waals surface area contributed by atoms with E-state index in [1.165, 1.54) is 11.1 Å². The highest BCUT2D eigenvalue weighted by Crippen LogP contribution is 2.62. The Bertz CT molecular complexity index is 1710. The topological polar surface area (TPSA) is 40.5 Å². The molecule has 0 amide bonds. The Morgan fingerprint density at radius 2 is 0.725 bits per heavy atom. The lowest BCUT2D eigenvalue weighted by Gasteiger charge is -2.37. The molecule has 198 valence electrons. The normalized spacial score (nSPS) is 20.2. The maximum Gasteiger partial charge on any atom is 0.142 e. The standard InChI is InChI=1S/C38H34O2/c1-21-17-23(3)33(24(4)18-21)37(39)31-13-9-7-11-27(31)29-15-16-30-28-12-8-10-14-32(28)38(40,36(30)35(29)37)34-25(5)19-22(2)20-26(34)6/h7-20,39-40H,1-6H3. The molecule has 0 spiro atoms. The minimum absolute atomic E-state index is 0.791. The van der Waals surface area contributed by atoms with Crippen LogP contribution in [0.5, 0.6) is 0 Å². The largest absolute Gasteiger partial charge is 0.376 e. The predicted molar refractivity (Wildman–Crippen MR) is 163 cm³/mol. The van der Waals surface area contributed by atoms with Gasteiger partial charge in [-0.1, -0.05) is 96.1 Å². The summed E-state index contributed by atoms with van der Waals surface area (Å²) in [6.07, 6.45) is 0. The van der Waals surface area contributed by atoms with Crippen LogP contribution in [0.1, 0.15) is 66.8 Å². The van der Waals surface area contributed by atoms with Crippen LogP contribution < -0.4 is 0 Å². The van der Waals surface area contributed by atoms with Gasteiger partial charge < -0.3 is 10.2 Å². The van der Waals surface area contributed by atoms with Crippen molar-refractivity contribution in [3.05, 3.63) is 152 Å². The molecule has 2 heteroatoms. The second-order valence-electron chi connectivity index (χ2n) is 12.0. The van der Waals surface area contributed by atoms with Crippen molar-refractivity contribution >= 4 is 0 Å².